The van der Waals surface area contributed by atoms with Crippen LogP contribution in [0.5, 0.6) is 5.88 Å². The van der Waals surface area contributed by atoms with Gasteiger partial charge in [-0.1, -0.05) is 13.8 Å². The van der Waals surface area contributed by atoms with Crippen LogP contribution in [-0.2, 0) is 9.53 Å². The number of nitrogens with zero attached hydrogens (tertiary/aromatic N) is 1. The van der Waals surface area contributed by atoms with Crippen molar-refractivity contribution >= 4 is 11.6 Å². The van der Waals surface area contributed by atoms with Crippen LogP contribution >= 0.6 is 0 Å². The van der Waals surface area contributed by atoms with Crippen LogP contribution in [0.2, 0.25) is 0 Å². The Morgan fingerprint density at radius 1 is 1.43 bits per heavy atom. The summed E-state index contributed by atoms with van der Waals surface area (Å²) in [4.78, 5) is 16.8. The van der Waals surface area contributed by atoms with Crippen LogP contribution in [0.4, 0.5) is 5.69 Å². The van der Waals surface area contributed by atoms with Crippen molar-refractivity contribution in [3.8, 4) is 5.88 Å². The zero-order valence-electron chi connectivity index (χ0n) is 13.8. The summed E-state index contributed by atoms with van der Waals surface area (Å²) in [6.07, 6.45) is 0.662. The molecule has 0 radical (unpaired) electrons. The number of hydrogen-bond donors (Lipinski definition) is 1. The fraction of sp³-hybridized carbons (Fsp3) is 0.625. The van der Waals surface area contributed by atoms with Crippen LogP contribution in [-0.4, -0.2) is 30.2 Å². The molecule has 0 fully saturated rings. The number of amides is 1. The minimum atomic E-state index is -0.838. The molecule has 0 aromatic carbocycles. The Morgan fingerprint density at radius 3 is 2.57 bits per heavy atom. The number of aromatic nitrogens is 1. The number of ether oxygens (including phenoxy) is 2. The molecule has 5 heteroatoms. The molecule has 1 N–H and O–H groups in total. The second-order valence-electron chi connectivity index (χ2n) is 5.70. The molecule has 0 aliphatic rings. The molecule has 21 heavy (non-hydrogen) atoms. The van der Waals surface area contributed by atoms with Crippen molar-refractivity contribution in [3.05, 3.63) is 17.8 Å². The van der Waals surface area contributed by atoms with E-state index in [4.69, 9.17) is 9.47 Å². The van der Waals surface area contributed by atoms with Gasteiger partial charge >= 0.3 is 0 Å². The summed E-state index contributed by atoms with van der Waals surface area (Å²) in [5.74, 6) is 0.746. The first-order valence-corrected chi connectivity index (χ1v) is 7.29. The lowest BCUT2D eigenvalue weighted by atomic mass is 9.93. The highest BCUT2D eigenvalue weighted by Gasteiger charge is 2.34. The summed E-state index contributed by atoms with van der Waals surface area (Å²) in [5, 5.41) is 2.91. The minimum absolute atomic E-state index is 0.145. The maximum atomic E-state index is 12.6. The van der Waals surface area contributed by atoms with Gasteiger partial charge in [0.1, 0.15) is 5.60 Å². The minimum Gasteiger partial charge on any atom is -0.481 e. The molecular formula is C16H26N2O3. The third-order valence-electron chi connectivity index (χ3n) is 3.26. The number of hydrogen-bond acceptors (Lipinski definition) is 4. The van der Waals surface area contributed by atoms with Crippen LogP contribution in [0.25, 0.3) is 0 Å². The van der Waals surface area contributed by atoms with Crippen LogP contribution in [0.15, 0.2) is 12.1 Å². The fourth-order valence-electron chi connectivity index (χ4n) is 2.35. The highest BCUT2D eigenvalue weighted by atomic mass is 16.5. The van der Waals surface area contributed by atoms with Crippen molar-refractivity contribution in [1.29, 1.82) is 0 Å². The van der Waals surface area contributed by atoms with Gasteiger partial charge in [0, 0.05) is 12.7 Å². The van der Waals surface area contributed by atoms with E-state index in [2.05, 4.69) is 24.1 Å². The lowest BCUT2D eigenvalue weighted by Gasteiger charge is -2.30. The van der Waals surface area contributed by atoms with Crippen molar-refractivity contribution in [3.63, 3.8) is 0 Å². The van der Waals surface area contributed by atoms with Crippen molar-refractivity contribution in [2.75, 3.05) is 19.0 Å². The van der Waals surface area contributed by atoms with E-state index in [1.807, 2.05) is 20.8 Å². The fourth-order valence-corrected chi connectivity index (χ4v) is 2.35. The van der Waals surface area contributed by atoms with Crippen molar-refractivity contribution < 1.29 is 14.3 Å². The Morgan fingerprint density at radius 2 is 2.10 bits per heavy atom. The first-order valence-electron chi connectivity index (χ1n) is 7.29. The van der Waals surface area contributed by atoms with E-state index < -0.39 is 5.60 Å². The largest absolute Gasteiger partial charge is 0.481 e. The molecule has 118 valence electrons. The number of pyridine rings is 1. The highest BCUT2D eigenvalue weighted by molar-refractivity contribution is 5.97. The molecule has 0 aliphatic carbocycles. The summed E-state index contributed by atoms with van der Waals surface area (Å²) in [6.45, 7) is 10.2. The number of carbonyl (C=O) groups is 1. The van der Waals surface area contributed by atoms with E-state index in [1.165, 1.54) is 0 Å². The Balaban J connectivity index is 2.91. The SMILES string of the molecule is CCO[C@@](C)(CC(C)C)C(=O)Nc1ccc(OC)nc1C. The zero-order chi connectivity index (χ0) is 16.0. The molecule has 0 spiro atoms. The van der Waals surface area contributed by atoms with Crippen LogP contribution in [0, 0.1) is 12.8 Å². The molecule has 1 aromatic rings. The van der Waals surface area contributed by atoms with Crippen LogP contribution in [0.1, 0.15) is 39.8 Å². The Kier molecular flexibility index (Phi) is 6.15. The first kappa shape index (κ1) is 17.4. The third kappa shape index (κ3) is 4.70. The summed E-state index contributed by atoms with van der Waals surface area (Å²) < 4.78 is 10.8. The predicted molar refractivity (Wildman–Crippen MR) is 83.6 cm³/mol. The number of nitrogens with one attached hydrogen (secondary N) is 1. The number of anilines is 1. The van der Waals surface area contributed by atoms with Gasteiger partial charge in [0.15, 0.2) is 0 Å². The average Bonchev–Trinajstić information content (AvgIpc) is 2.40. The first-order chi connectivity index (χ1) is 9.82. The second kappa shape index (κ2) is 7.41. The normalized spacial score (nSPS) is 13.9. The molecule has 0 unspecified atom stereocenters. The molecule has 0 saturated heterocycles. The van der Waals surface area contributed by atoms with Gasteiger partial charge in [-0.15, -0.1) is 0 Å². The number of carbonyl (C=O) groups excluding carboxylic acids is 1. The topological polar surface area (TPSA) is 60.5 Å². The van der Waals surface area contributed by atoms with E-state index in [0.717, 1.165) is 0 Å². The maximum Gasteiger partial charge on any atom is 0.256 e. The maximum absolute atomic E-state index is 12.6. The summed E-state index contributed by atoms with van der Waals surface area (Å²) >= 11 is 0. The van der Waals surface area contributed by atoms with Gasteiger partial charge in [0.05, 0.1) is 18.5 Å². The van der Waals surface area contributed by atoms with Crippen LogP contribution in [0.3, 0.4) is 0 Å². The Bertz CT molecular complexity index is 488. The quantitative estimate of drug-likeness (QED) is 0.839. The lowest BCUT2D eigenvalue weighted by Crippen LogP contribution is -2.44. The second-order valence-corrected chi connectivity index (χ2v) is 5.70. The van der Waals surface area contributed by atoms with Gasteiger partial charge in [-0.2, -0.15) is 0 Å². The van der Waals surface area contributed by atoms with Crippen LogP contribution < -0.4 is 10.1 Å². The average molecular weight is 294 g/mol. The Labute approximate surface area is 127 Å². The van der Waals surface area contributed by atoms with Crippen molar-refractivity contribution in [2.24, 2.45) is 5.92 Å². The van der Waals surface area contributed by atoms with E-state index >= 15 is 0 Å². The van der Waals surface area contributed by atoms with Gasteiger partial charge in [-0.3, -0.25) is 4.79 Å². The predicted octanol–water partition coefficient (Wildman–Crippen LogP) is 3.18. The van der Waals surface area contributed by atoms with E-state index in [-0.39, 0.29) is 5.91 Å². The highest BCUT2D eigenvalue weighted by Crippen LogP contribution is 2.24. The van der Waals surface area contributed by atoms with Gasteiger partial charge in [0.2, 0.25) is 5.88 Å². The van der Waals surface area contributed by atoms with E-state index in [9.17, 15) is 4.79 Å². The summed E-state index contributed by atoms with van der Waals surface area (Å²) in [6, 6.07) is 3.52. The van der Waals surface area contributed by atoms with Crippen molar-refractivity contribution in [2.45, 2.75) is 46.6 Å². The monoisotopic (exact) mass is 294 g/mol. The smallest absolute Gasteiger partial charge is 0.256 e. The van der Waals surface area contributed by atoms with Gasteiger partial charge in [0.25, 0.3) is 5.91 Å². The molecule has 1 rings (SSSR count). The van der Waals surface area contributed by atoms with E-state index in [0.29, 0.717) is 36.2 Å². The molecule has 5 nitrogen and oxygen atoms in total. The number of methoxy groups -OCH3 is 1. The molecule has 0 bridgehead atoms. The lowest BCUT2D eigenvalue weighted by molar-refractivity contribution is -0.140. The molecular weight excluding hydrogens is 268 g/mol. The Hall–Kier alpha value is -1.62. The van der Waals surface area contributed by atoms with Gasteiger partial charge in [-0.05, 0) is 39.2 Å². The zero-order valence-corrected chi connectivity index (χ0v) is 13.8. The molecule has 1 heterocycles. The van der Waals surface area contributed by atoms with Gasteiger partial charge < -0.3 is 14.8 Å². The molecule has 1 amide bonds. The number of aryl methyl sites for hydroxylation is 1. The van der Waals surface area contributed by atoms with E-state index in [1.54, 1.807) is 19.2 Å². The van der Waals surface area contributed by atoms with Crippen molar-refractivity contribution in [1.82, 2.24) is 4.98 Å². The number of rotatable bonds is 7. The molecule has 0 saturated carbocycles. The third-order valence-corrected chi connectivity index (χ3v) is 3.26. The summed E-state index contributed by atoms with van der Waals surface area (Å²) in [7, 11) is 1.56. The summed E-state index contributed by atoms with van der Waals surface area (Å²) in [5.41, 5.74) is 0.552. The molecule has 0 aliphatic heterocycles. The molecule has 1 aromatic heterocycles. The molecule has 1 atom stereocenters. The van der Waals surface area contributed by atoms with Gasteiger partial charge in [-0.25, -0.2) is 4.98 Å². The standard InChI is InChI=1S/C16H26N2O3/c1-7-21-16(5,10-11(2)3)15(19)18-13-8-9-14(20-6)17-12(13)4/h8-9,11H,7,10H2,1-6H3,(H,18,19)/t16-/m0/s1.